The fourth-order valence-electron chi connectivity index (χ4n) is 2.78. The quantitative estimate of drug-likeness (QED) is 0.370. The molecule has 0 spiro atoms. The summed E-state index contributed by atoms with van der Waals surface area (Å²) >= 11 is 7.87. The molecule has 1 aliphatic rings. The fourth-order valence-corrected chi connectivity index (χ4v) is 3.85. The first-order valence-electron chi connectivity index (χ1n) is 8.16. The molecule has 0 aliphatic heterocycles. The average molecular weight is 491 g/mol. The van der Waals surface area contributed by atoms with Crippen LogP contribution < -0.4 is 10.6 Å². The molecule has 0 bridgehead atoms. The standard InChI is InChI=1S/C18H23ClN4S.HI/c1-12-13(2)24-16(23-12)10-21-17(20-3)22-11-18(7-8-18)14-5-4-6-15(19)9-14;/h4-6,9H,7-8,10-11H2,1-3H3,(H2,20,21,22);1H. The second kappa shape index (κ2) is 8.68. The van der Waals surface area contributed by atoms with Gasteiger partial charge in [0.25, 0.3) is 0 Å². The second-order valence-corrected chi connectivity index (χ2v) is 8.04. The molecule has 0 atom stereocenters. The minimum atomic E-state index is 0. The highest BCUT2D eigenvalue weighted by Crippen LogP contribution is 2.48. The lowest BCUT2D eigenvalue weighted by Gasteiger charge is -2.19. The predicted molar refractivity (Wildman–Crippen MR) is 118 cm³/mol. The van der Waals surface area contributed by atoms with Crippen LogP contribution in [0.4, 0.5) is 0 Å². The number of nitrogens with one attached hydrogen (secondary N) is 2. The first kappa shape index (κ1) is 20.5. The SMILES string of the molecule is CN=C(NCc1nc(C)c(C)s1)NCC1(c2cccc(Cl)c2)CC1.I. The van der Waals surface area contributed by atoms with Crippen molar-refractivity contribution < 1.29 is 0 Å². The third kappa shape index (κ3) is 5.08. The van der Waals surface area contributed by atoms with Gasteiger partial charge in [-0.3, -0.25) is 4.99 Å². The van der Waals surface area contributed by atoms with Crippen molar-refractivity contribution in [3.63, 3.8) is 0 Å². The Morgan fingerprint density at radius 2 is 2.08 bits per heavy atom. The van der Waals surface area contributed by atoms with Gasteiger partial charge in [0, 0.05) is 28.9 Å². The first-order chi connectivity index (χ1) is 11.5. The molecule has 2 N–H and O–H groups in total. The number of thiazole rings is 1. The fraction of sp³-hybridized carbons (Fsp3) is 0.444. The Morgan fingerprint density at radius 1 is 1.32 bits per heavy atom. The molecule has 1 aromatic heterocycles. The van der Waals surface area contributed by atoms with Gasteiger partial charge >= 0.3 is 0 Å². The Morgan fingerprint density at radius 3 is 2.64 bits per heavy atom. The summed E-state index contributed by atoms with van der Waals surface area (Å²) in [5.74, 6) is 0.814. The van der Waals surface area contributed by atoms with Crippen LogP contribution >= 0.6 is 46.9 Å². The molecule has 1 aliphatic carbocycles. The number of aromatic nitrogens is 1. The Labute approximate surface area is 175 Å². The van der Waals surface area contributed by atoms with Gasteiger partial charge in [0.05, 0.1) is 12.2 Å². The molecule has 4 nitrogen and oxygen atoms in total. The molecule has 2 aromatic rings. The van der Waals surface area contributed by atoms with Crippen molar-refractivity contribution in [1.29, 1.82) is 0 Å². The monoisotopic (exact) mass is 490 g/mol. The molecule has 0 saturated heterocycles. The number of guanidine groups is 1. The van der Waals surface area contributed by atoms with Crippen molar-refractivity contribution >= 4 is 52.9 Å². The average Bonchev–Trinajstić information content (AvgIpc) is 3.29. The number of rotatable bonds is 5. The lowest BCUT2D eigenvalue weighted by Crippen LogP contribution is -2.40. The molecule has 1 heterocycles. The van der Waals surface area contributed by atoms with E-state index in [4.69, 9.17) is 11.6 Å². The van der Waals surface area contributed by atoms with E-state index >= 15 is 0 Å². The molecule has 1 saturated carbocycles. The van der Waals surface area contributed by atoms with E-state index < -0.39 is 0 Å². The van der Waals surface area contributed by atoms with Crippen LogP contribution in [0.3, 0.4) is 0 Å². The van der Waals surface area contributed by atoms with Gasteiger partial charge in [-0.25, -0.2) is 4.98 Å². The summed E-state index contributed by atoms with van der Waals surface area (Å²) in [7, 11) is 1.80. The number of hydrogen-bond acceptors (Lipinski definition) is 3. The maximum Gasteiger partial charge on any atom is 0.191 e. The van der Waals surface area contributed by atoms with E-state index in [1.165, 1.54) is 23.3 Å². The van der Waals surface area contributed by atoms with Gasteiger partial charge in [-0.05, 0) is 44.4 Å². The van der Waals surface area contributed by atoms with Gasteiger partial charge in [0.1, 0.15) is 5.01 Å². The summed E-state index contributed by atoms with van der Waals surface area (Å²) in [5.41, 5.74) is 2.61. The van der Waals surface area contributed by atoms with Gasteiger partial charge < -0.3 is 10.6 Å². The Hall–Kier alpha value is -0.860. The van der Waals surface area contributed by atoms with Gasteiger partial charge in [-0.2, -0.15) is 0 Å². The normalized spacial score (nSPS) is 15.4. The molecule has 1 aromatic carbocycles. The third-order valence-corrected chi connectivity index (χ3v) is 5.90. The molecular formula is C18H24ClIN4S. The molecule has 136 valence electrons. The van der Waals surface area contributed by atoms with Crippen LogP contribution in [0.2, 0.25) is 5.02 Å². The van der Waals surface area contributed by atoms with E-state index in [2.05, 4.69) is 39.7 Å². The van der Waals surface area contributed by atoms with Gasteiger partial charge in [0.15, 0.2) is 5.96 Å². The van der Waals surface area contributed by atoms with Crippen molar-refractivity contribution in [2.75, 3.05) is 13.6 Å². The molecule has 0 amide bonds. The van der Waals surface area contributed by atoms with Crippen molar-refractivity contribution in [3.05, 3.63) is 50.4 Å². The molecule has 25 heavy (non-hydrogen) atoms. The summed E-state index contributed by atoms with van der Waals surface area (Å²) in [4.78, 5) is 10.1. The lowest BCUT2D eigenvalue weighted by atomic mass is 9.96. The van der Waals surface area contributed by atoms with E-state index in [-0.39, 0.29) is 29.4 Å². The Balaban J connectivity index is 0.00000225. The Bertz CT molecular complexity index is 736. The summed E-state index contributed by atoms with van der Waals surface area (Å²) in [6.45, 7) is 5.71. The van der Waals surface area contributed by atoms with Crippen LogP contribution in [-0.2, 0) is 12.0 Å². The number of nitrogens with zero attached hydrogens (tertiary/aromatic N) is 2. The smallest absolute Gasteiger partial charge is 0.191 e. The van der Waals surface area contributed by atoms with E-state index in [1.54, 1.807) is 18.4 Å². The van der Waals surface area contributed by atoms with Crippen LogP contribution in [0.25, 0.3) is 0 Å². The number of halogens is 2. The van der Waals surface area contributed by atoms with Crippen LogP contribution in [0, 0.1) is 13.8 Å². The molecule has 0 unspecified atom stereocenters. The first-order valence-corrected chi connectivity index (χ1v) is 9.35. The molecule has 0 radical (unpaired) electrons. The Kier molecular flexibility index (Phi) is 7.10. The lowest BCUT2D eigenvalue weighted by molar-refractivity contribution is 0.645. The predicted octanol–water partition coefficient (Wildman–Crippen LogP) is 4.43. The zero-order valence-electron chi connectivity index (χ0n) is 14.7. The highest BCUT2D eigenvalue weighted by Gasteiger charge is 2.44. The van der Waals surface area contributed by atoms with Crippen LogP contribution in [0.5, 0.6) is 0 Å². The summed E-state index contributed by atoms with van der Waals surface area (Å²) < 4.78 is 0. The number of aliphatic imine (C=N–C) groups is 1. The largest absolute Gasteiger partial charge is 0.356 e. The maximum absolute atomic E-state index is 6.14. The maximum atomic E-state index is 6.14. The van der Waals surface area contributed by atoms with E-state index in [9.17, 15) is 0 Å². The second-order valence-electron chi connectivity index (χ2n) is 6.32. The zero-order chi connectivity index (χ0) is 17.2. The number of aryl methyl sites for hydroxylation is 2. The van der Waals surface area contributed by atoms with E-state index in [1.807, 2.05) is 19.1 Å². The van der Waals surface area contributed by atoms with Gasteiger partial charge in [-0.15, -0.1) is 35.3 Å². The molecule has 1 fully saturated rings. The van der Waals surface area contributed by atoms with Gasteiger partial charge in [-0.1, -0.05) is 23.7 Å². The van der Waals surface area contributed by atoms with Crippen molar-refractivity contribution in [2.24, 2.45) is 4.99 Å². The van der Waals surface area contributed by atoms with Crippen LogP contribution in [0.15, 0.2) is 29.3 Å². The van der Waals surface area contributed by atoms with Crippen molar-refractivity contribution in [2.45, 2.75) is 38.6 Å². The highest BCUT2D eigenvalue weighted by molar-refractivity contribution is 14.0. The molecular weight excluding hydrogens is 467 g/mol. The van der Waals surface area contributed by atoms with Gasteiger partial charge in [0.2, 0.25) is 0 Å². The summed E-state index contributed by atoms with van der Waals surface area (Å²) in [6, 6.07) is 8.19. The highest BCUT2D eigenvalue weighted by atomic mass is 127. The van der Waals surface area contributed by atoms with Crippen LogP contribution in [-0.4, -0.2) is 24.5 Å². The van der Waals surface area contributed by atoms with Crippen molar-refractivity contribution in [3.8, 4) is 0 Å². The van der Waals surface area contributed by atoms with E-state index in [0.29, 0.717) is 6.54 Å². The summed E-state index contributed by atoms with van der Waals surface area (Å²) in [5, 5.41) is 8.69. The van der Waals surface area contributed by atoms with Crippen molar-refractivity contribution in [1.82, 2.24) is 15.6 Å². The number of hydrogen-bond donors (Lipinski definition) is 2. The number of benzene rings is 1. The van der Waals surface area contributed by atoms with E-state index in [0.717, 1.165) is 28.2 Å². The molecule has 7 heteroatoms. The topological polar surface area (TPSA) is 49.3 Å². The third-order valence-electron chi connectivity index (χ3n) is 4.59. The zero-order valence-corrected chi connectivity index (χ0v) is 18.6. The molecule has 3 rings (SSSR count). The van der Waals surface area contributed by atoms with Crippen LogP contribution in [0.1, 0.15) is 34.0 Å². The minimum Gasteiger partial charge on any atom is -0.356 e. The minimum absolute atomic E-state index is 0. The summed E-state index contributed by atoms with van der Waals surface area (Å²) in [6.07, 6.45) is 2.37.